The van der Waals surface area contributed by atoms with E-state index in [1.807, 2.05) is 0 Å². The summed E-state index contributed by atoms with van der Waals surface area (Å²) in [4.78, 5) is 27.0. The van der Waals surface area contributed by atoms with E-state index in [-0.39, 0.29) is 46.0 Å². The highest BCUT2D eigenvalue weighted by Gasteiger charge is 2.70. The number of carbonyl (C=O) groups excluding carboxylic acids is 2. The van der Waals surface area contributed by atoms with E-state index in [4.69, 9.17) is 61.6 Å². The normalized spacial score (nSPS) is 53.3. The highest BCUT2D eigenvalue weighted by Crippen LogP contribution is 2.76. The van der Waals surface area contributed by atoms with Gasteiger partial charge in [-0.15, -0.1) is 0 Å². The van der Waals surface area contributed by atoms with Crippen molar-refractivity contribution in [2.75, 3.05) is 26.4 Å². The van der Waals surface area contributed by atoms with Crippen molar-refractivity contribution in [3.63, 3.8) is 0 Å². The molecule has 0 aromatic rings. The second-order valence-corrected chi connectivity index (χ2v) is 31.6. The fourth-order valence-corrected chi connectivity index (χ4v) is 19.0. The first kappa shape index (κ1) is 74.8. The monoisotopic (exact) mass is 1380 g/mol. The van der Waals surface area contributed by atoms with Crippen LogP contribution in [-0.4, -0.2) is 293 Å². The average molecular weight is 1380 g/mol. The Morgan fingerprint density at radius 3 is 1.78 bits per heavy atom. The lowest BCUT2D eigenvalue weighted by Crippen LogP contribution is -2.66. The number of rotatable bonds is 15. The maximum atomic E-state index is 15.3. The molecule has 0 spiro atoms. The lowest BCUT2D eigenvalue weighted by molar-refractivity contribution is -0.378. The quantitative estimate of drug-likeness (QED) is 0.0458. The van der Waals surface area contributed by atoms with Gasteiger partial charge in [-0.3, -0.25) is 9.59 Å². The van der Waals surface area contributed by atoms with Crippen LogP contribution in [0.3, 0.4) is 0 Å². The third-order valence-electron chi connectivity index (χ3n) is 25.0. The fourth-order valence-electron chi connectivity index (χ4n) is 19.0. The summed E-state index contributed by atoms with van der Waals surface area (Å²) in [7, 11) is 0. The van der Waals surface area contributed by atoms with Crippen LogP contribution in [0.4, 0.5) is 0 Å². The van der Waals surface area contributed by atoms with Gasteiger partial charge in [0.25, 0.3) is 0 Å². The third kappa shape index (κ3) is 13.1. The summed E-state index contributed by atoms with van der Waals surface area (Å²) in [5.74, 6) is -1.36. The fraction of sp³-hybridized carbons (Fsp3) is 0.939. The van der Waals surface area contributed by atoms with Gasteiger partial charge in [0.1, 0.15) is 116 Å². The first-order valence-electron chi connectivity index (χ1n) is 34.3. The van der Waals surface area contributed by atoms with Crippen LogP contribution in [0.1, 0.15) is 133 Å². The maximum Gasteiger partial charge on any atom is 0.315 e. The van der Waals surface area contributed by atoms with Crippen molar-refractivity contribution in [1.29, 1.82) is 0 Å². The van der Waals surface area contributed by atoms with E-state index in [1.54, 1.807) is 0 Å². The maximum absolute atomic E-state index is 15.3. The van der Waals surface area contributed by atoms with Gasteiger partial charge in [-0.2, -0.15) is 0 Å². The van der Waals surface area contributed by atoms with E-state index < -0.39 is 221 Å². The first-order valence-corrected chi connectivity index (χ1v) is 34.3. The van der Waals surface area contributed by atoms with Crippen molar-refractivity contribution in [3.05, 3.63) is 11.6 Å². The van der Waals surface area contributed by atoms with Crippen molar-refractivity contribution in [1.82, 2.24) is 0 Å². The molecular formula is C66H106O30. The molecular weight excluding hydrogens is 1270 g/mol. The minimum Gasteiger partial charge on any atom is -0.457 e. The number of aliphatic hydroxyl groups excluding tert-OH is 15. The molecule has 6 saturated heterocycles. The zero-order valence-electron chi connectivity index (χ0n) is 56.3. The SMILES string of the molecule is CC(=O)O[C@@H]1[C@@H](O)[C@@H](O)[C@H](O[C@H]2[C@H](O)[C@@H](O)[C@H](OC[C@H]3O[C@@H](OC(=O)[C@]45CCC(C)(C)C[C@H]4C4=CC[C@@H]6[C@@]7(C)CC[C@H](O[C@@H]8OC[C@H](O)[C@H](O)[C@H]8O[C@@H]8O[C@@H](C)[C@H](O)[C@@H](O[C@@H]9OC[C@@H](O)[C@@H](O)[C@H]9O)[C@H]8O)C(C)(C)[C@@H]7CC[C@@]6(C)[C@]4(C)CC5)[C@H](O)[C@@H](O)[C@@H]3O)O[C@@H]2CO)O[C@H]1C. The molecule has 5 aliphatic carbocycles. The Labute approximate surface area is 557 Å². The number of esters is 2. The van der Waals surface area contributed by atoms with Gasteiger partial charge in [0.15, 0.2) is 37.6 Å². The van der Waals surface area contributed by atoms with E-state index in [0.29, 0.717) is 38.5 Å². The van der Waals surface area contributed by atoms with E-state index in [9.17, 15) is 81.4 Å². The summed E-state index contributed by atoms with van der Waals surface area (Å²) >= 11 is 0. The first-order chi connectivity index (χ1) is 44.9. The summed E-state index contributed by atoms with van der Waals surface area (Å²) in [6.07, 6.45) is -35.8. The Balaban J connectivity index is 0.755. The predicted octanol–water partition coefficient (Wildman–Crippen LogP) is -2.48. The lowest BCUT2D eigenvalue weighted by Gasteiger charge is -2.71. The molecule has 11 aliphatic rings. The Morgan fingerprint density at radius 1 is 0.510 bits per heavy atom. The van der Waals surface area contributed by atoms with Crippen LogP contribution >= 0.6 is 0 Å². The summed E-state index contributed by atoms with van der Waals surface area (Å²) in [6, 6.07) is 0. The van der Waals surface area contributed by atoms with Crippen LogP contribution in [0.2, 0.25) is 0 Å². The van der Waals surface area contributed by atoms with Crippen molar-refractivity contribution in [3.8, 4) is 0 Å². The number of ether oxygens (including phenoxy) is 13. The average Bonchev–Trinajstić information content (AvgIpc) is 0.676. The number of aliphatic hydroxyl groups is 15. The van der Waals surface area contributed by atoms with Gasteiger partial charge in [0.05, 0.1) is 50.2 Å². The summed E-state index contributed by atoms with van der Waals surface area (Å²) in [6.45, 7) is 17.8. The molecule has 96 heavy (non-hydrogen) atoms. The smallest absolute Gasteiger partial charge is 0.315 e. The summed E-state index contributed by atoms with van der Waals surface area (Å²) < 4.78 is 76.9. The number of carbonyl (C=O) groups is 2. The predicted molar refractivity (Wildman–Crippen MR) is 323 cm³/mol. The number of allylic oxidation sites excluding steroid dienone is 2. The lowest BCUT2D eigenvalue weighted by atomic mass is 9.33. The van der Waals surface area contributed by atoms with E-state index in [1.165, 1.54) is 19.4 Å². The molecule has 30 nitrogen and oxygen atoms in total. The molecule has 6 aliphatic heterocycles. The molecule has 15 N–H and O–H groups in total. The van der Waals surface area contributed by atoms with Gasteiger partial charge in [0.2, 0.25) is 6.29 Å². The van der Waals surface area contributed by atoms with Crippen molar-refractivity contribution >= 4 is 11.9 Å². The highest BCUT2D eigenvalue weighted by atomic mass is 16.8. The number of hydrogen-bond acceptors (Lipinski definition) is 30. The Kier molecular flexibility index (Phi) is 21.8. The van der Waals surface area contributed by atoms with Crippen molar-refractivity contribution in [2.45, 2.75) is 312 Å². The Bertz CT molecular complexity index is 2740. The Hall–Kier alpha value is -2.36. The molecule has 0 aromatic heterocycles. The molecule has 0 radical (unpaired) electrons. The standard InChI is InChI=1S/C66H106O30/c1-26-38(71)52(94-55-45(78)39(72)31(69)23-84-55)49(82)58(87-26)95-53-40(73)32(70)24-85-59(53)92-37-14-15-63(8)35(62(37,6)7)13-16-65(10)36(63)12-11-29-30-21-61(4,5)17-19-66(30,20-18-64(29,65)9)60(83)96-57-46(79)42(75)41(74)34(91-57)25-86-54-47(80)44(77)51(33(22-67)90-54)93-56-48(81)43(76)50(27(2)88-56)89-28(3)68/h11,26-27,30-59,67,69-82H,12-25H2,1-10H3/t26-,27-,30-,31+,32-,33+,34+,35-,36+,37-,38-,39+,40-,41+,42-,43-,44+,45+,46+,47+,48+,49+,50-,51+,52+,53+,54+,55-,56-,57-,58-,59-,63-,64+,65+,66-/m0/s1. The molecule has 0 amide bonds. The molecule has 11 rings (SSSR count). The van der Waals surface area contributed by atoms with Crippen LogP contribution in [0.25, 0.3) is 0 Å². The molecule has 4 saturated carbocycles. The third-order valence-corrected chi connectivity index (χ3v) is 25.0. The number of fused-ring (bicyclic) bond motifs is 7. The topological polar surface area (TPSA) is 458 Å². The molecule has 36 atom stereocenters. The van der Waals surface area contributed by atoms with E-state index in [0.717, 1.165) is 32.6 Å². The molecule has 0 bridgehead atoms. The molecule has 30 heteroatoms. The molecule has 0 unspecified atom stereocenters. The van der Waals surface area contributed by atoms with Crippen LogP contribution in [0.5, 0.6) is 0 Å². The second kappa shape index (κ2) is 28.0. The van der Waals surface area contributed by atoms with Crippen LogP contribution < -0.4 is 0 Å². The van der Waals surface area contributed by atoms with Gasteiger partial charge in [-0.25, -0.2) is 0 Å². The minimum atomic E-state index is -1.92. The zero-order valence-corrected chi connectivity index (χ0v) is 56.3. The molecule has 6 heterocycles. The minimum absolute atomic E-state index is 0.108. The largest absolute Gasteiger partial charge is 0.457 e. The zero-order chi connectivity index (χ0) is 70.0. The molecule has 550 valence electrons. The van der Waals surface area contributed by atoms with Crippen molar-refractivity contribution in [2.24, 2.45) is 50.2 Å². The summed E-state index contributed by atoms with van der Waals surface area (Å²) in [5.41, 5.74) is -1.45. The molecule has 0 aromatic carbocycles. The Morgan fingerprint density at radius 2 is 1.09 bits per heavy atom. The van der Waals surface area contributed by atoms with Crippen LogP contribution in [-0.2, 0) is 71.2 Å². The second-order valence-electron chi connectivity index (χ2n) is 31.6. The summed E-state index contributed by atoms with van der Waals surface area (Å²) in [5, 5.41) is 165. The van der Waals surface area contributed by atoms with Crippen LogP contribution in [0, 0.1) is 50.2 Å². The van der Waals surface area contributed by atoms with Gasteiger partial charge in [0, 0.05) is 6.92 Å². The van der Waals surface area contributed by atoms with Gasteiger partial charge in [-0.1, -0.05) is 60.1 Å². The highest BCUT2D eigenvalue weighted by molar-refractivity contribution is 5.79. The van der Waals surface area contributed by atoms with E-state index >= 15 is 4.79 Å². The van der Waals surface area contributed by atoms with Gasteiger partial charge >= 0.3 is 11.9 Å². The molecule has 10 fully saturated rings. The van der Waals surface area contributed by atoms with Gasteiger partial charge in [-0.05, 0) is 123 Å². The van der Waals surface area contributed by atoms with Crippen molar-refractivity contribution < 1.29 is 148 Å². The van der Waals surface area contributed by atoms with Gasteiger partial charge < -0.3 is 138 Å². The number of hydrogen-bond donors (Lipinski definition) is 15. The van der Waals surface area contributed by atoms with Crippen LogP contribution in [0.15, 0.2) is 11.6 Å². The van der Waals surface area contributed by atoms with E-state index in [2.05, 4.69) is 54.5 Å².